The summed E-state index contributed by atoms with van der Waals surface area (Å²) in [4.78, 5) is 0. The molecule has 0 aromatic heterocycles. The number of nitrogens with two attached hydrogens (primary N) is 1. The number of aliphatic hydroxyl groups is 1. The SMILES string of the molecule is NCCCOCC(O)CNS(=O)(=O)[O-].[K+]. The molecule has 0 aliphatic carbocycles. The van der Waals surface area contributed by atoms with Crippen LogP contribution in [0.4, 0.5) is 0 Å². The molecule has 0 aliphatic rings. The second kappa shape index (κ2) is 10.5. The molecule has 0 bridgehead atoms. The summed E-state index contributed by atoms with van der Waals surface area (Å²) in [6.45, 7) is 0.526. The van der Waals surface area contributed by atoms with Gasteiger partial charge in [0.05, 0.1) is 12.7 Å². The van der Waals surface area contributed by atoms with Crippen LogP contribution in [-0.4, -0.2) is 50.5 Å². The normalized spacial score (nSPS) is 13.3. The van der Waals surface area contributed by atoms with Gasteiger partial charge in [0.2, 0.25) is 0 Å². The summed E-state index contributed by atoms with van der Waals surface area (Å²) in [5.41, 5.74) is 5.19. The fourth-order valence-electron chi connectivity index (χ4n) is 0.662. The minimum atomic E-state index is -4.49. The van der Waals surface area contributed by atoms with Gasteiger partial charge >= 0.3 is 51.4 Å². The third kappa shape index (κ3) is 15.4. The molecular weight excluding hydrogens is 251 g/mol. The van der Waals surface area contributed by atoms with Gasteiger partial charge in [-0.1, -0.05) is 0 Å². The van der Waals surface area contributed by atoms with Gasteiger partial charge in [0.1, 0.15) is 0 Å². The number of aliphatic hydroxyl groups excluding tert-OH is 1. The summed E-state index contributed by atoms with van der Waals surface area (Å²) in [5, 5.41) is 9.09. The van der Waals surface area contributed by atoms with E-state index in [1.807, 2.05) is 0 Å². The Morgan fingerprint density at radius 2 is 2.13 bits per heavy atom. The fraction of sp³-hybridized carbons (Fsp3) is 1.00. The van der Waals surface area contributed by atoms with E-state index in [0.717, 1.165) is 0 Å². The topological polar surface area (TPSA) is 125 Å². The maximum atomic E-state index is 10.1. The van der Waals surface area contributed by atoms with E-state index in [2.05, 4.69) is 0 Å². The molecule has 1 unspecified atom stereocenters. The predicted octanol–water partition coefficient (Wildman–Crippen LogP) is -5.23. The van der Waals surface area contributed by atoms with Crippen molar-refractivity contribution in [1.29, 1.82) is 0 Å². The fourth-order valence-corrected chi connectivity index (χ4v) is 1.06. The maximum absolute atomic E-state index is 10.1. The Bertz CT molecular complexity index is 236. The van der Waals surface area contributed by atoms with E-state index in [-0.39, 0.29) is 64.5 Å². The predicted molar refractivity (Wildman–Crippen MR) is 48.2 cm³/mol. The van der Waals surface area contributed by atoms with Crippen LogP contribution in [0.2, 0.25) is 0 Å². The second-order valence-electron chi connectivity index (χ2n) is 2.67. The quantitative estimate of drug-likeness (QED) is 0.229. The summed E-state index contributed by atoms with van der Waals surface area (Å²) >= 11 is 0. The van der Waals surface area contributed by atoms with Crippen molar-refractivity contribution < 1.29 is 74.2 Å². The molecule has 0 aromatic rings. The first-order valence-corrected chi connectivity index (χ1v) is 5.53. The molecule has 1 atom stereocenters. The minimum absolute atomic E-state index is 0. The average Bonchev–Trinajstić information content (AvgIpc) is 2.08. The molecule has 0 heterocycles. The van der Waals surface area contributed by atoms with Crippen molar-refractivity contribution in [3.63, 3.8) is 0 Å². The van der Waals surface area contributed by atoms with Crippen LogP contribution in [0.15, 0.2) is 0 Å². The van der Waals surface area contributed by atoms with Crippen LogP contribution in [0, 0.1) is 0 Å². The standard InChI is InChI=1S/C6H16N2O5S.K/c7-2-1-3-13-5-6(9)4-8-14(10,11)12;/h6,8-9H,1-5,7H2,(H,10,11,12);/q;+1/p-1. The van der Waals surface area contributed by atoms with Crippen LogP contribution in [0.3, 0.4) is 0 Å². The summed E-state index contributed by atoms with van der Waals surface area (Å²) < 4.78 is 36.8. The van der Waals surface area contributed by atoms with Gasteiger partial charge in [0, 0.05) is 13.2 Å². The van der Waals surface area contributed by atoms with Gasteiger partial charge in [0.25, 0.3) is 0 Å². The molecule has 0 rings (SSSR count). The monoisotopic (exact) mass is 266 g/mol. The molecule has 9 heteroatoms. The first-order chi connectivity index (χ1) is 6.45. The van der Waals surface area contributed by atoms with Crippen LogP contribution < -0.4 is 61.8 Å². The molecule has 15 heavy (non-hydrogen) atoms. The van der Waals surface area contributed by atoms with Crippen LogP contribution in [0.1, 0.15) is 6.42 Å². The smallest absolute Gasteiger partial charge is 0.735 e. The zero-order valence-corrected chi connectivity index (χ0v) is 12.6. The Kier molecular flexibility index (Phi) is 13.2. The molecule has 4 N–H and O–H groups in total. The zero-order chi connectivity index (χ0) is 11.0. The Balaban J connectivity index is 0. The molecule has 7 nitrogen and oxygen atoms in total. The molecule has 0 saturated heterocycles. The van der Waals surface area contributed by atoms with E-state index in [0.29, 0.717) is 19.6 Å². The Hall–Kier alpha value is 1.39. The minimum Gasteiger partial charge on any atom is -0.735 e. The number of hydrogen-bond acceptors (Lipinski definition) is 6. The molecule has 0 radical (unpaired) electrons. The molecule has 0 aliphatic heterocycles. The molecule has 0 aromatic carbocycles. The van der Waals surface area contributed by atoms with Crippen molar-refractivity contribution in [3.8, 4) is 0 Å². The summed E-state index contributed by atoms with van der Waals surface area (Å²) in [6.07, 6.45) is -0.350. The number of hydrogen-bond donors (Lipinski definition) is 3. The van der Waals surface area contributed by atoms with E-state index in [1.54, 1.807) is 4.72 Å². The van der Waals surface area contributed by atoms with Crippen LogP contribution in [0.25, 0.3) is 0 Å². The Labute approximate surface area is 132 Å². The molecule has 0 spiro atoms. The van der Waals surface area contributed by atoms with Crippen molar-refractivity contribution in [3.05, 3.63) is 0 Å². The molecule has 0 fully saturated rings. The van der Waals surface area contributed by atoms with Crippen molar-refractivity contribution in [2.75, 3.05) is 26.3 Å². The van der Waals surface area contributed by atoms with Crippen molar-refractivity contribution >= 4 is 10.3 Å². The van der Waals surface area contributed by atoms with E-state index < -0.39 is 16.4 Å². The maximum Gasteiger partial charge on any atom is 1.00 e. The van der Waals surface area contributed by atoms with Crippen molar-refractivity contribution in [2.45, 2.75) is 12.5 Å². The van der Waals surface area contributed by atoms with E-state index in [4.69, 9.17) is 15.6 Å². The second-order valence-corrected chi connectivity index (χ2v) is 3.87. The number of ether oxygens (including phenoxy) is 1. The molecule has 86 valence electrons. The molecular formula is C6H15KN2O5S. The van der Waals surface area contributed by atoms with Crippen molar-refractivity contribution in [1.82, 2.24) is 4.72 Å². The van der Waals surface area contributed by atoms with Crippen molar-refractivity contribution in [2.24, 2.45) is 5.73 Å². The first-order valence-electron chi connectivity index (χ1n) is 4.12. The van der Waals surface area contributed by atoms with Gasteiger partial charge in [-0.15, -0.1) is 0 Å². The van der Waals surface area contributed by atoms with E-state index >= 15 is 0 Å². The van der Waals surface area contributed by atoms with Crippen LogP contribution >= 0.6 is 0 Å². The zero-order valence-electron chi connectivity index (χ0n) is 8.68. The largest absolute Gasteiger partial charge is 1.00 e. The summed E-state index contributed by atoms with van der Waals surface area (Å²) in [7, 11) is -4.49. The molecule has 0 saturated carbocycles. The number of nitrogens with one attached hydrogen (secondary N) is 1. The third-order valence-corrected chi connectivity index (χ3v) is 1.82. The number of rotatable bonds is 8. The van der Waals surface area contributed by atoms with E-state index in [1.165, 1.54) is 0 Å². The first kappa shape index (κ1) is 18.7. The Morgan fingerprint density at radius 3 is 2.60 bits per heavy atom. The average molecular weight is 266 g/mol. The summed E-state index contributed by atoms with van der Waals surface area (Å²) in [6, 6.07) is 0. The van der Waals surface area contributed by atoms with Gasteiger partial charge in [-0.3, -0.25) is 0 Å². The van der Waals surface area contributed by atoms with Gasteiger partial charge in [0.15, 0.2) is 10.3 Å². The Morgan fingerprint density at radius 1 is 1.53 bits per heavy atom. The van der Waals surface area contributed by atoms with Gasteiger partial charge in [-0.2, -0.15) is 0 Å². The van der Waals surface area contributed by atoms with Gasteiger partial charge in [-0.05, 0) is 13.0 Å². The molecule has 0 amide bonds. The van der Waals surface area contributed by atoms with Crippen LogP contribution in [0.5, 0.6) is 0 Å². The third-order valence-electron chi connectivity index (χ3n) is 1.30. The van der Waals surface area contributed by atoms with Gasteiger partial charge in [-0.25, -0.2) is 13.1 Å². The summed E-state index contributed by atoms with van der Waals surface area (Å²) in [5.74, 6) is 0. The van der Waals surface area contributed by atoms with Gasteiger partial charge < -0.3 is 20.1 Å². The van der Waals surface area contributed by atoms with Crippen LogP contribution in [-0.2, 0) is 15.0 Å². The van der Waals surface area contributed by atoms with E-state index in [9.17, 15) is 13.0 Å².